The van der Waals surface area contributed by atoms with Crippen LogP contribution in [-0.4, -0.2) is 24.5 Å². The summed E-state index contributed by atoms with van der Waals surface area (Å²) in [5.41, 5.74) is 0.755. The molecule has 0 saturated heterocycles. The fourth-order valence-corrected chi connectivity index (χ4v) is 3.63. The summed E-state index contributed by atoms with van der Waals surface area (Å²) in [4.78, 5) is 15.8. The van der Waals surface area contributed by atoms with E-state index in [-0.39, 0.29) is 47.7 Å². The van der Waals surface area contributed by atoms with Gasteiger partial charge in [-0.2, -0.15) is 4.98 Å². The van der Waals surface area contributed by atoms with E-state index in [0.717, 1.165) is 29.8 Å². The van der Waals surface area contributed by atoms with Crippen LogP contribution < -0.4 is 5.32 Å². The van der Waals surface area contributed by atoms with Crippen molar-refractivity contribution in [3.05, 3.63) is 77.4 Å². The number of hydrogen-bond donors (Lipinski definition) is 1. The van der Waals surface area contributed by atoms with Gasteiger partial charge in [0.1, 0.15) is 17.4 Å². The Morgan fingerprint density at radius 1 is 1.00 bits per heavy atom. The van der Waals surface area contributed by atoms with Crippen molar-refractivity contribution in [2.75, 3.05) is 0 Å². The summed E-state index contributed by atoms with van der Waals surface area (Å²) >= 11 is 0. The van der Waals surface area contributed by atoms with Crippen molar-refractivity contribution in [2.24, 2.45) is 0 Å². The molecule has 1 amide bonds. The smallest absolute Gasteiger partial charge is 0.227 e. The number of carbonyl (C=O) groups excluding carboxylic acids is 1. The highest BCUT2D eigenvalue weighted by molar-refractivity contribution is 7.90. The molecule has 0 aliphatic rings. The van der Waals surface area contributed by atoms with E-state index in [4.69, 9.17) is 4.52 Å². The van der Waals surface area contributed by atoms with Gasteiger partial charge in [-0.3, -0.25) is 4.79 Å². The first-order chi connectivity index (χ1) is 13.8. The molecule has 0 unspecified atom stereocenters. The summed E-state index contributed by atoms with van der Waals surface area (Å²) < 4.78 is 55.4. The minimum absolute atomic E-state index is 0.0453. The van der Waals surface area contributed by atoms with Gasteiger partial charge in [0.2, 0.25) is 11.8 Å². The van der Waals surface area contributed by atoms with Gasteiger partial charge in [0.25, 0.3) is 0 Å². The number of benzene rings is 2. The van der Waals surface area contributed by atoms with Crippen molar-refractivity contribution in [3.8, 4) is 0 Å². The second-order valence-electron chi connectivity index (χ2n) is 6.22. The van der Waals surface area contributed by atoms with E-state index in [1.807, 2.05) is 0 Å². The number of nitrogens with one attached hydrogen (secondary N) is 1. The van der Waals surface area contributed by atoms with Crippen molar-refractivity contribution >= 4 is 15.7 Å². The van der Waals surface area contributed by atoms with Gasteiger partial charge in [-0.1, -0.05) is 17.3 Å². The van der Waals surface area contributed by atoms with E-state index in [1.54, 1.807) is 12.1 Å². The van der Waals surface area contributed by atoms with Crippen LogP contribution in [0.2, 0.25) is 0 Å². The van der Waals surface area contributed by atoms with Crippen molar-refractivity contribution in [3.63, 3.8) is 0 Å². The number of rotatable bonds is 8. The zero-order valence-corrected chi connectivity index (χ0v) is 16.0. The van der Waals surface area contributed by atoms with Gasteiger partial charge in [-0.15, -0.1) is 0 Å². The number of aromatic nitrogens is 2. The molecule has 3 rings (SSSR count). The molecule has 3 aromatic rings. The average molecular weight is 421 g/mol. The van der Waals surface area contributed by atoms with Crippen LogP contribution in [0.5, 0.6) is 0 Å². The first-order valence-corrected chi connectivity index (χ1v) is 10.3. The SMILES string of the molecule is O=C(CCc1nc(CS(=O)(=O)c2ccc(F)cc2)no1)NCc1ccc(F)cc1. The topological polar surface area (TPSA) is 102 Å². The first-order valence-electron chi connectivity index (χ1n) is 8.63. The number of sulfone groups is 1. The maximum absolute atomic E-state index is 12.9. The second kappa shape index (κ2) is 8.91. The Morgan fingerprint density at radius 2 is 1.62 bits per heavy atom. The summed E-state index contributed by atoms with van der Waals surface area (Å²) in [6.07, 6.45) is 0.201. The fourth-order valence-electron chi connectivity index (χ4n) is 2.46. The first kappa shape index (κ1) is 20.6. The molecule has 0 atom stereocenters. The molecule has 29 heavy (non-hydrogen) atoms. The summed E-state index contributed by atoms with van der Waals surface area (Å²) in [7, 11) is -3.75. The van der Waals surface area contributed by atoms with E-state index in [0.29, 0.717) is 0 Å². The Balaban J connectivity index is 1.50. The molecule has 0 bridgehead atoms. The quantitative estimate of drug-likeness (QED) is 0.561. The van der Waals surface area contributed by atoms with E-state index >= 15 is 0 Å². The number of carbonyl (C=O) groups is 1. The molecule has 1 N–H and O–H groups in total. The number of nitrogens with zero attached hydrogens (tertiary/aromatic N) is 2. The van der Waals surface area contributed by atoms with Crippen molar-refractivity contribution < 1.29 is 26.5 Å². The van der Waals surface area contributed by atoms with E-state index in [1.165, 1.54) is 12.1 Å². The Labute approximate surface area is 165 Å². The highest BCUT2D eigenvalue weighted by Gasteiger charge is 2.19. The molecule has 1 heterocycles. The second-order valence-corrected chi connectivity index (χ2v) is 8.21. The molecule has 0 aliphatic heterocycles. The standard InChI is InChI=1S/C19H17F2N3O4S/c20-14-3-1-13(2-4-14)11-22-18(25)9-10-19-23-17(24-28-19)12-29(26,27)16-7-5-15(21)6-8-16/h1-8H,9-12H2,(H,22,25). The van der Waals surface area contributed by atoms with Gasteiger partial charge >= 0.3 is 0 Å². The lowest BCUT2D eigenvalue weighted by atomic mass is 10.2. The molecule has 0 radical (unpaired) electrons. The normalized spacial score (nSPS) is 11.4. The number of hydrogen-bond acceptors (Lipinski definition) is 6. The van der Waals surface area contributed by atoms with Crippen LogP contribution in [0.4, 0.5) is 8.78 Å². The van der Waals surface area contributed by atoms with Gasteiger partial charge in [-0.25, -0.2) is 17.2 Å². The molecule has 0 saturated carbocycles. The zero-order valence-electron chi connectivity index (χ0n) is 15.1. The summed E-state index contributed by atoms with van der Waals surface area (Å²) in [6.45, 7) is 0.254. The highest BCUT2D eigenvalue weighted by atomic mass is 32.2. The van der Waals surface area contributed by atoms with Crippen LogP contribution in [0.25, 0.3) is 0 Å². The lowest BCUT2D eigenvalue weighted by Crippen LogP contribution is -2.23. The van der Waals surface area contributed by atoms with Gasteiger partial charge < -0.3 is 9.84 Å². The predicted octanol–water partition coefficient (Wildman–Crippen LogP) is 2.57. The van der Waals surface area contributed by atoms with Crippen LogP contribution in [0.15, 0.2) is 57.9 Å². The van der Waals surface area contributed by atoms with Gasteiger partial charge in [0.05, 0.1) is 4.90 Å². The minimum atomic E-state index is -3.75. The lowest BCUT2D eigenvalue weighted by molar-refractivity contribution is -0.121. The molecule has 10 heteroatoms. The number of halogens is 2. The maximum Gasteiger partial charge on any atom is 0.227 e. The maximum atomic E-state index is 12.9. The Kier molecular flexibility index (Phi) is 6.32. The Morgan fingerprint density at radius 3 is 2.28 bits per heavy atom. The summed E-state index contributed by atoms with van der Waals surface area (Å²) in [6, 6.07) is 10.2. The molecule has 152 valence electrons. The van der Waals surface area contributed by atoms with Gasteiger partial charge in [0, 0.05) is 19.4 Å². The third-order valence-electron chi connectivity index (χ3n) is 3.97. The van der Waals surface area contributed by atoms with E-state index in [9.17, 15) is 22.0 Å². The van der Waals surface area contributed by atoms with E-state index < -0.39 is 21.4 Å². The van der Waals surface area contributed by atoms with Gasteiger partial charge in [-0.05, 0) is 42.0 Å². The zero-order chi connectivity index (χ0) is 20.9. The van der Waals surface area contributed by atoms with Crippen molar-refractivity contribution in [1.82, 2.24) is 15.5 Å². The largest absolute Gasteiger partial charge is 0.352 e. The van der Waals surface area contributed by atoms with Crippen LogP contribution in [0.3, 0.4) is 0 Å². The number of aryl methyl sites for hydroxylation is 1. The third-order valence-corrected chi connectivity index (χ3v) is 5.60. The summed E-state index contributed by atoms with van der Waals surface area (Å²) in [5.74, 6) is -1.58. The van der Waals surface area contributed by atoms with Crippen molar-refractivity contribution in [2.45, 2.75) is 30.0 Å². The Bertz CT molecular complexity index is 1080. The molecule has 1 aromatic heterocycles. The Hall–Kier alpha value is -3.14. The molecule has 0 spiro atoms. The molecule has 0 fully saturated rings. The minimum Gasteiger partial charge on any atom is -0.352 e. The van der Waals surface area contributed by atoms with Crippen LogP contribution >= 0.6 is 0 Å². The van der Waals surface area contributed by atoms with E-state index in [2.05, 4.69) is 15.5 Å². The number of amides is 1. The predicted molar refractivity (Wildman–Crippen MR) is 98.2 cm³/mol. The fraction of sp³-hybridized carbons (Fsp3) is 0.211. The molecule has 7 nitrogen and oxygen atoms in total. The van der Waals surface area contributed by atoms with Gasteiger partial charge in [0.15, 0.2) is 15.7 Å². The third kappa shape index (κ3) is 5.92. The molecule has 0 aliphatic carbocycles. The monoisotopic (exact) mass is 421 g/mol. The van der Waals surface area contributed by atoms with Crippen LogP contribution in [0, 0.1) is 11.6 Å². The molecular weight excluding hydrogens is 404 g/mol. The molecule has 2 aromatic carbocycles. The lowest BCUT2D eigenvalue weighted by Gasteiger charge is -2.04. The molecular formula is C19H17F2N3O4S. The van der Waals surface area contributed by atoms with Crippen LogP contribution in [-0.2, 0) is 33.4 Å². The highest BCUT2D eigenvalue weighted by Crippen LogP contribution is 2.16. The van der Waals surface area contributed by atoms with Crippen LogP contribution in [0.1, 0.15) is 23.7 Å². The van der Waals surface area contributed by atoms with Crippen molar-refractivity contribution in [1.29, 1.82) is 0 Å². The average Bonchev–Trinajstić information content (AvgIpc) is 3.13. The summed E-state index contributed by atoms with van der Waals surface area (Å²) in [5, 5.41) is 6.30.